The fourth-order valence-corrected chi connectivity index (χ4v) is 4.38. The van der Waals surface area contributed by atoms with Gasteiger partial charge in [-0.25, -0.2) is 4.79 Å². The molecule has 28 heavy (non-hydrogen) atoms. The highest BCUT2D eigenvalue weighted by Gasteiger charge is 2.28. The SMILES string of the molecule is CCOC(=O)NC(=O)c1c(NC(=O)c2ccc(OCC)cc2)sc2c1CCC2. The molecule has 0 saturated carbocycles. The van der Waals surface area contributed by atoms with Crippen molar-refractivity contribution in [3.63, 3.8) is 0 Å². The summed E-state index contributed by atoms with van der Waals surface area (Å²) < 4.78 is 10.2. The van der Waals surface area contributed by atoms with E-state index < -0.39 is 12.0 Å². The maximum absolute atomic E-state index is 12.6. The minimum absolute atomic E-state index is 0.169. The highest BCUT2D eigenvalue weighted by Crippen LogP contribution is 2.39. The van der Waals surface area contributed by atoms with E-state index in [2.05, 4.69) is 10.6 Å². The van der Waals surface area contributed by atoms with Crippen LogP contribution in [0, 0.1) is 0 Å². The first kappa shape index (κ1) is 19.9. The summed E-state index contributed by atoms with van der Waals surface area (Å²) in [6.45, 7) is 4.27. The lowest BCUT2D eigenvalue weighted by Gasteiger charge is -2.09. The Hall–Kier alpha value is -2.87. The van der Waals surface area contributed by atoms with Crippen LogP contribution in [-0.2, 0) is 17.6 Å². The number of hydrogen-bond donors (Lipinski definition) is 2. The van der Waals surface area contributed by atoms with E-state index in [-0.39, 0.29) is 12.5 Å². The zero-order valence-corrected chi connectivity index (χ0v) is 16.6. The van der Waals surface area contributed by atoms with E-state index in [0.29, 0.717) is 28.5 Å². The van der Waals surface area contributed by atoms with Gasteiger partial charge in [0, 0.05) is 10.4 Å². The summed E-state index contributed by atoms with van der Waals surface area (Å²) in [4.78, 5) is 38.0. The Morgan fingerprint density at radius 2 is 1.79 bits per heavy atom. The molecule has 0 fully saturated rings. The molecule has 1 aromatic heterocycles. The second-order valence-electron chi connectivity index (χ2n) is 6.15. The minimum Gasteiger partial charge on any atom is -0.494 e. The fourth-order valence-electron chi connectivity index (χ4n) is 3.10. The van der Waals surface area contributed by atoms with Gasteiger partial charge in [0.1, 0.15) is 10.8 Å². The molecule has 0 bridgehead atoms. The second-order valence-corrected chi connectivity index (χ2v) is 7.25. The van der Waals surface area contributed by atoms with Gasteiger partial charge in [0.05, 0.1) is 18.8 Å². The number of aryl methyl sites for hydroxylation is 1. The number of imide groups is 1. The zero-order valence-electron chi connectivity index (χ0n) is 15.8. The number of benzene rings is 1. The highest BCUT2D eigenvalue weighted by atomic mass is 32.1. The monoisotopic (exact) mass is 402 g/mol. The largest absolute Gasteiger partial charge is 0.494 e. The maximum Gasteiger partial charge on any atom is 0.414 e. The van der Waals surface area contributed by atoms with Crippen molar-refractivity contribution < 1.29 is 23.9 Å². The molecule has 7 nitrogen and oxygen atoms in total. The number of rotatable bonds is 6. The van der Waals surface area contributed by atoms with Gasteiger partial charge >= 0.3 is 6.09 Å². The number of anilines is 1. The Bertz CT molecular complexity index is 889. The smallest absolute Gasteiger partial charge is 0.414 e. The van der Waals surface area contributed by atoms with Crippen molar-refractivity contribution in [3.05, 3.63) is 45.8 Å². The van der Waals surface area contributed by atoms with E-state index in [9.17, 15) is 14.4 Å². The first-order valence-corrected chi connectivity index (χ1v) is 10.0. The molecule has 148 valence electrons. The van der Waals surface area contributed by atoms with Crippen LogP contribution in [0.2, 0.25) is 0 Å². The zero-order chi connectivity index (χ0) is 20.1. The van der Waals surface area contributed by atoms with Crippen molar-refractivity contribution in [1.82, 2.24) is 5.32 Å². The molecule has 1 heterocycles. The predicted molar refractivity (Wildman–Crippen MR) is 106 cm³/mol. The van der Waals surface area contributed by atoms with Crippen LogP contribution >= 0.6 is 11.3 Å². The predicted octanol–water partition coefficient (Wildman–Crippen LogP) is 3.77. The molecule has 3 amide bonds. The number of ether oxygens (including phenoxy) is 2. The average molecular weight is 402 g/mol. The van der Waals surface area contributed by atoms with Gasteiger partial charge in [-0.15, -0.1) is 11.3 Å². The molecule has 2 aromatic rings. The topological polar surface area (TPSA) is 93.7 Å². The van der Waals surface area contributed by atoms with Crippen molar-refractivity contribution in [2.45, 2.75) is 33.1 Å². The maximum atomic E-state index is 12.6. The number of carbonyl (C=O) groups is 3. The molecular formula is C20H22N2O5S. The summed E-state index contributed by atoms with van der Waals surface area (Å²) in [5.74, 6) is -0.198. The van der Waals surface area contributed by atoms with Crippen LogP contribution in [0.3, 0.4) is 0 Å². The van der Waals surface area contributed by atoms with Gasteiger partial charge in [-0.3, -0.25) is 14.9 Å². The third kappa shape index (κ3) is 4.33. The number of nitrogens with one attached hydrogen (secondary N) is 2. The molecule has 1 aliphatic carbocycles. The van der Waals surface area contributed by atoms with E-state index >= 15 is 0 Å². The summed E-state index contributed by atoms with van der Waals surface area (Å²) in [5, 5.41) is 5.50. The third-order valence-corrected chi connectivity index (χ3v) is 5.50. The normalized spacial score (nSPS) is 12.2. The number of carbonyl (C=O) groups excluding carboxylic acids is 3. The average Bonchev–Trinajstić information content (AvgIpc) is 3.23. The number of thiophene rings is 1. The Morgan fingerprint density at radius 1 is 1.04 bits per heavy atom. The Labute approximate surface area is 167 Å². The number of alkyl carbamates (subject to hydrolysis) is 1. The summed E-state index contributed by atoms with van der Waals surface area (Å²) >= 11 is 1.38. The lowest BCUT2D eigenvalue weighted by Crippen LogP contribution is -2.32. The van der Waals surface area contributed by atoms with Gasteiger partial charge in [0.2, 0.25) is 0 Å². The van der Waals surface area contributed by atoms with E-state index in [0.717, 1.165) is 29.7 Å². The molecular weight excluding hydrogens is 380 g/mol. The van der Waals surface area contributed by atoms with E-state index in [1.54, 1.807) is 31.2 Å². The van der Waals surface area contributed by atoms with E-state index in [1.165, 1.54) is 11.3 Å². The number of hydrogen-bond acceptors (Lipinski definition) is 6. The number of amides is 3. The Balaban J connectivity index is 1.81. The van der Waals surface area contributed by atoms with Gasteiger partial charge < -0.3 is 14.8 Å². The van der Waals surface area contributed by atoms with Gasteiger partial charge in [-0.2, -0.15) is 0 Å². The molecule has 1 aliphatic rings. The summed E-state index contributed by atoms with van der Waals surface area (Å²) in [7, 11) is 0. The van der Waals surface area contributed by atoms with Crippen LogP contribution < -0.4 is 15.4 Å². The molecule has 0 aliphatic heterocycles. The lowest BCUT2D eigenvalue weighted by molar-refractivity contribution is 0.0925. The summed E-state index contributed by atoms with van der Waals surface area (Å²) in [5.41, 5.74) is 1.70. The first-order valence-electron chi connectivity index (χ1n) is 9.20. The Morgan fingerprint density at radius 3 is 2.46 bits per heavy atom. The van der Waals surface area contributed by atoms with Crippen LogP contribution in [0.25, 0.3) is 0 Å². The van der Waals surface area contributed by atoms with Crippen molar-refractivity contribution >= 4 is 34.2 Å². The third-order valence-electron chi connectivity index (χ3n) is 4.29. The van der Waals surface area contributed by atoms with Crippen LogP contribution in [-0.4, -0.2) is 31.1 Å². The second kappa shape index (κ2) is 8.88. The molecule has 2 N–H and O–H groups in total. The minimum atomic E-state index is -0.797. The van der Waals surface area contributed by atoms with Gasteiger partial charge in [0.15, 0.2) is 0 Å². The standard InChI is InChI=1S/C20H22N2O5S/c1-3-26-13-10-8-12(9-11-13)17(23)21-19-16(14-6-5-7-15(14)28-19)18(24)22-20(25)27-4-2/h8-11H,3-7H2,1-2H3,(H,21,23)(H,22,24,25). The van der Waals surface area contributed by atoms with Crippen molar-refractivity contribution in [1.29, 1.82) is 0 Å². The highest BCUT2D eigenvalue weighted by molar-refractivity contribution is 7.17. The Kier molecular flexibility index (Phi) is 6.30. The van der Waals surface area contributed by atoms with Crippen LogP contribution in [0.4, 0.5) is 9.80 Å². The van der Waals surface area contributed by atoms with Gasteiger partial charge in [0.25, 0.3) is 11.8 Å². The lowest BCUT2D eigenvalue weighted by atomic mass is 10.1. The number of fused-ring (bicyclic) bond motifs is 1. The summed E-state index contributed by atoms with van der Waals surface area (Å²) in [6, 6.07) is 6.78. The van der Waals surface area contributed by atoms with Gasteiger partial charge in [-0.1, -0.05) is 0 Å². The van der Waals surface area contributed by atoms with Gasteiger partial charge in [-0.05, 0) is 62.9 Å². The summed E-state index contributed by atoms with van der Waals surface area (Å²) in [6.07, 6.45) is 1.76. The van der Waals surface area contributed by atoms with Crippen molar-refractivity contribution in [2.75, 3.05) is 18.5 Å². The molecule has 8 heteroatoms. The molecule has 3 rings (SSSR count). The molecule has 0 spiro atoms. The van der Waals surface area contributed by atoms with E-state index in [1.807, 2.05) is 6.92 Å². The van der Waals surface area contributed by atoms with Crippen LogP contribution in [0.15, 0.2) is 24.3 Å². The van der Waals surface area contributed by atoms with Crippen molar-refractivity contribution in [2.24, 2.45) is 0 Å². The molecule has 0 atom stereocenters. The molecule has 0 radical (unpaired) electrons. The first-order chi connectivity index (χ1) is 13.5. The van der Waals surface area contributed by atoms with Crippen molar-refractivity contribution in [3.8, 4) is 5.75 Å². The van der Waals surface area contributed by atoms with Crippen LogP contribution in [0.1, 0.15) is 51.4 Å². The van der Waals surface area contributed by atoms with E-state index in [4.69, 9.17) is 9.47 Å². The fraction of sp³-hybridized carbons (Fsp3) is 0.350. The molecule has 0 unspecified atom stereocenters. The molecule has 1 aromatic carbocycles. The molecule has 0 saturated heterocycles. The quantitative estimate of drug-likeness (QED) is 0.767. The van der Waals surface area contributed by atoms with Crippen LogP contribution in [0.5, 0.6) is 5.75 Å².